The van der Waals surface area contributed by atoms with Crippen LogP contribution in [0.4, 0.5) is 0 Å². The van der Waals surface area contributed by atoms with Gasteiger partial charge in [0.1, 0.15) is 11.5 Å². The lowest BCUT2D eigenvalue weighted by Crippen LogP contribution is -2.33. The third-order valence-corrected chi connectivity index (χ3v) is 4.51. The fourth-order valence-corrected chi connectivity index (χ4v) is 3.05. The van der Waals surface area contributed by atoms with Gasteiger partial charge >= 0.3 is 0 Å². The summed E-state index contributed by atoms with van der Waals surface area (Å²) < 4.78 is 12.1. The summed E-state index contributed by atoms with van der Waals surface area (Å²) in [6.07, 6.45) is 1.49. The van der Waals surface area contributed by atoms with Crippen LogP contribution in [0.15, 0.2) is 59.7 Å². The van der Waals surface area contributed by atoms with Gasteiger partial charge in [0.2, 0.25) is 0 Å². The summed E-state index contributed by atoms with van der Waals surface area (Å²) in [4.78, 5) is 28.7. The van der Waals surface area contributed by atoms with E-state index in [4.69, 9.17) is 9.47 Å². The molecule has 0 atom stereocenters. The van der Waals surface area contributed by atoms with Crippen molar-refractivity contribution in [3.63, 3.8) is 0 Å². The number of methoxy groups -OCH3 is 1. The predicted molar refractivity (Wildman–Crippen MR) is 115 cm³/mol. The molecule has 3 rings (SSSR count). The lowest BCUT2D eigenvalue weighted by atomic mass is 10.1. The summed E-state index contributed by atoms with van der Waals surface area (Å²) in [5.74, 6) is 1.16. The van der Waals surface area contributed by atoms with Gasteiger partial charge in [-0.3, -0.25) is 14.2 Å². The number of carbonyl (C=O) groups excluding carboxylic acids is 1. The summed E-state index contributed by atoms with van der Waals surface area (Å²) in [6.45, 7) is 4.51. The number of aryl methyl sites for hydroxylation is 2. The molecule has 7 nitrogen and oxygen atoms in total. The van der Waals surface area contributed by atoms with E-state index < -0.39 is 0 Å². The van der Waals surface area contributed by atoms with E-state index in [1.54, 1.807) is 7.11 Å². The zero-order chi connectivity index (χ0) is 21.5. The van der Waals surface area contributed by atoms with E-state index in [9.17, 15) is 9.59 Å². The molecule has 0 unspecified atom stereocenters. The number of ether oxygens (including phenoxy) is 2. The molecule has 7 heteroatoms. The smallest absolute Gasteiger partial charge is 0.258 e. The van der Waals surface area contributed by atoms with Crippen molar-refractivity contribution in [1.82, 2.24) is 14.9 Å². The first-order valence-corrected chi connectivity index (χ1v) is 9.63. The molecule has 0 fully saturated rings. The van der Waals surface area contributed by atoms with Crippen LogP contribution in [0, 0.1) is 13.8 Å². The zero-order valence-electron chi connectivity index (χ0n) is 17.3. The van der Waals surface area contributed by atoms with Gasteiger partial charge in [-0.05, 0) is 61.4 Å². The van der Waals surface area contributed by atoms with Crippen molar-refractivity contribution in [2.45, 2.75) is 20.4 Å². The van der Waals surface area contributed by atoms with Crippen molar-refractivity contribution in [2.75, 3.05) is 20.3 Å². The van der Waals surface area contributed by atoms with Crippen molar-refractivity contribution in [1.29, 1.82) is 0 Å². The molecule has 0 aliphatic heterocycles. The van der Waals surface area contributed by atoms with Crippen molar-refractivity contribution in [3.05, 3.63) is 76.3 Å². The minimum atomic E-state index is -0.245. The monoisotopic (exact) mass is 407 g/mol. The van der Waals surface area contributed by atoms with Crippen LogP contribution in [0.1, 0.15) is 11.1 Å². The Morgan fingerprint density at radius 1 is 1.03 bits per heavy atom. The molecule has 0 saturated heterocycles. The van der Waals surface area contributed by atoms with E-state index >= 15 is 0 Å². The first kappa shape index (κ1) is 21.1. The molecule has 2 aromatic carbocycles. The number of aromatic nitrogens is 2. The van der Waals surface area contributed by atoms with Crippen LogP contribution in [0.2, 0.25) is 0 Å². The van der Waals surface area contributed by atoms with Crippen LogP contribution >= 0.6 is 0 Å². The van der Waals surface area contributed by atoms with Crippen LogP contribution in [0.25, 0.3) is 11.3 Å². The lowest BCUT2D eigenvalue weighted by Gasteiger charge is -2.10. The molecule has 0 aliphatic carbocycles. The third kappa shape index (κ3) is 5.70. The zero-order valence-corrected chi connectivity index (χ0v) is 17.3. The Morgan fingerprint density at radius 3 is 2.37 bits per heavy atom. The van der Waals surface area contributed by atoms with Gasteiger partial charge in [0.05, 0.1) is 19.1 Å². The Balaban J connectivity index is 1.50. The quantitative estimate of drug-likeness (QED) is 0.621. The van der Waals surface area contributed by atoms with Gasteiger partial charge in [-0.15, -0.1) is 0 Å². The van der Waals surface area contributed by atoms with Crippen LogP contribution in [-0.2, 0) is 11.3 Å². The Morgan fingerprint density at radius 2 is 1.73 bits per heavy atom. The van der Waals surface area contributed by atoms with Gasteiger partial charge in [0, 0.05) is 24.7 Å². The fourth-order valence-electron chi connectivity index (χ4n) is 3.05. The third-order valence-electron chi connectivity index (χ3n) is 4.51. The molecule has 1 aromatic heterocycles. The molecule has 0 bridgehead atoms. The number of nitrogens with zero attached hydrogens (tertiary/aromatic N) is 2. The van der Waals surface area contributed by atoms with Crippen molar-refractivity contribution < 1.29 is 14.3 Å². The van der Waals surface area contributed by atoms with E-state index in [0.29, 0.717) is 24.5 Å². The SMILES string of the molecule is COc1ccc(-c2cc(=O)n(CCNC(=O)COc3cc(C)cc(C)c3)cn2)cc1. The minimum Gasteiger partial charge on any atom is -0.497 e. The lowest BCUT2D eigenvalue weighted by molar-refractivity contribution is -0.123. The Hall–Kier alpha value is -3.61. The number of rotatable bonds is 8. The molecule has 1 amide bonds. The van der Waals surface area contributed by atoms with Gasteiger partial charge in [-0.2, -0.15) is 0 Å². The molecule has 0 spiro atoms. The Kier molecular flexibility index (Phi) is 6.85. The molecule has 156 valence electrons. The van der Waals surface area contributed by atoms with Gasteiger partial charge in [0.25, 0.3) is 11.5 Å². The maximum atomic E-state index is 12.3. The molecule has 1 N–H and O–H groups in total. The maximum Gasteiger partial charge on any atom is 0.258 e. The Bertz CT molecular complexity index is 1050. The second kappa shape index (κ2) is 9.73. The van der Waals surface area contributed by atoms with Gasteiger partial charge < -0.3 is 14.8 Å². The van der Waals surface area contributed by atoms with Crippen LogP contribution in [-0.4, -0.2) is 35.7 Å². The summed E-state index contributed by atoms with van der Waals surface area (Å²) in [7, 11) is 1.60. The average molecular weight is 407 g/mol. The highest BCUT2D eigenvalue weighted by Gasteiger charge is 2.06. The highest BCUT2D eigenvalue weighted by atomic mass is 16.5. The number of hydrogen-bond donors (Lipinski definition) is 1. The molecule has 0 aliphatic rings. The number of hydrogen-bond acceptors (Lipinski definition) is 5. The summed E-state index contributed by atoms with van der Waals surface area (Å²) in [5.41, 5.74) is 3.39. The van der Waals surface area contributed by atoms with Gasteiger partial charge in [-0.25, -0.2) is 4.98 Å². The van der Waals surface area contributed by atoms with Crippen LogP contribution in [0.5, 0.6) is 11.5 Å². The molecule has 0 saturated carbocycles. The van der Waals surface area contributed by atoms with E-state index in [2.05, 4.69) is 10.3 Å². The fraction of sp³-hybridized carbons (Fsp3) is 0.261. The highest BCUT2D eigenvalue weighted by Crippen LogP contribution is 2.19. The predicted octanol–water partition coefficient (Wildman–Crippen LogP) is 2.73. The molecular weight excluding hydrogens is 382 g/mol. The van der Waals surface area contributed by atoms with Crippen LogP contribution < -0.4 is 20.3 Å². The number of amides is 1. The largest absolute Gasteiger partial charge is 0.497 e. The highest BCUT2D eigenvalue weighted by molar-refractivity contribution is 5.77. The summed E-state index contributed by atoms with van der Waals surface area (Å²) in [6, 6.07) is 14.6. The second-order valence-corrected chi connectivity index (χ2v) is 7.00. The maximum absolute atomic E-state index is 12.3. The molecule has 0 radical (unpaired) electrons. The number of nitrogens with one attached hydrogen (secondary N) is 1. The summed E-state index contributed by atoms with van der Waals surface area (Å²) >= 11 is 0. The first-order valence-electron chi connectivity index (χ1n) is 9.63. The molecule has 30 heavy (non-hydrogen) atoms. The topological polar surface area (TPSA) is 82.5 Å². The van der Waals surface area contributed by atoms with E-state index in [1.807, 2.05) is 56.3 Å². The van der Waals surface area contributed by atoms with Gasteiger partial charge in [-0.1, -0.05) is 6.07 Å². The summed E-state index contributed by atoms with van der Waals surface area (Å²) in [5, 5.41) is 2.75. The molecular formula is C23H25N3O4. The van der Waals surface area contributed by atoms with Crippen molar-refractivity contribution in [3.8, 4) is 22.8 Å². The molecule has 1 heterocycles. The van der Waals surface area contributed by atoms with E-state index in [-0.39, 0.29) is 18.1 Å². The molecule has 3 aromatic rings. The normalized spacial score (nSPS) is 10.5. The number of benzene rings is 2. The van der Waals surface area contributed by atoms with E-state index in [0.717, 1.165) is 22.4 Å². The van der Waals surface area contributed by atoms with Crippen LogP contribution in [0.3, 0.4) is 0 Å². The first-order chi connectivity index (χ1) is 14.4. The minimum absolute atomic E-state index is 0.0769. The van der Waals surface area contributed by atoms with E-state index in [1.165, 1.54) is 17.0 Å². The average Bonchev–Trinajstić information content (AvgIpc) is 2.73. The standard InChI is InChI=1S/C23H25N3O4/c1-16-10-17(2)12-20(11-16)30-14-22(27)24-8-9-26-15-25-21(13-23(26)28)18-4-6-19(29-3)7-5-18/h4-7,10-13,15H,8-9,14H2,1-3H3,(H,24,27). The second-order valence-electron chi connectivity index (χ2n) is 7.00. The number of carbonyl (C=O) groups is 1. The van der Waals surface area contributed by atoms with Crippen molar-refractivity contribution in [2.24, 2.45) is 0 Å². The van der Waals surface area contributed by atoms with Gasteiger partial charge in [0.15, 0.2) is 6.61 Å². The Labute approximate surface area is 175 Å². The van der Waals surface area contributed by atoms with Crippen molar-refractivity contribution >= 4 is 5.91 Å².